The van der Waals surface area contributed by atoms with Gasteiger partial charge in [0.05, 0.1) is 29.4 Å². The Balaban J connectivity index is 1.28. The largest absolute Gasteiger partial charge is 0.373 e. The van der Waals surface area contributed by atoms with Gasteiger partial charge in [-0.25, -0.2) is 0 Å². The van der Waals surface area contributed by atoms with Crippen molar-refractivity contribution < 1.29 is 9.53 Å². The number of nitrogens with zero attached hydrogens (tertiary/aromatic N) is 3. The maximum Gasteiger partial charge on any atom is 0.195 e. The van der Waals surface area contributed by atoms with E-state index in [2.05, 4.69) is 60.7 Å². The van der Waals surface area contributed by atoms with Crippen LogP contribution in [0.5, 0.6) is 0 Å². The Bertz CT molecular complexity index is 1380. The summed E-state index contributed by atoms with van der Waals surface area (Å²) in [6.45, 7) is 12.8. The minimum atomic E-state index is -0.348. The SMILES string of the molecule is CC1CN(C2CCN(c3ccc4c(c3)C(C)(C)c3[nH]c5cc(C#N)ccc5c3C4=O)CC2)C[C@@H](C)O1. The fraction of sp³-hybridized carbons (Fsp3) is 0.467. The number of anilines is 1. The van der Waals surface area contributed by atoms with Gasteiger partial charge in [-0.15, -0.1) is 0 Å². The third-order valence-corrected chi connectivity index (χ3v) is 8.49. The standard InChI is InChI=1S/C30H34N4O2/c1-18-16-34(17-19(2)36-18)21-9-11-33(12-10-21)22-6-8-23-25(14-22)30(3,4)29-27(28(23)35)24-7-5-20(15-31)13-26(24)32-29/h5-8,13-14,18-19,21,32H,9-12,16-17H2,1-4H3/t18-,19?/m1/s1. The maximum absolute atomic E-state index is 13.7. The van der Waals surface area contributed by atoms with Crippen molar-refractivity contribution in [1.29, 1.82) is 5.26 Å². The molecule has 3 aromatic rings. The van der Waals surface area contributed by atoms with E-state index in [0.29, 0.717) is 23.8 Å². The van der Waals surface area contributed by atoms with Gasteiger partial charge in [-0.1, -0.05) is 19.9 Å². The van der Waals surface area contributed by atoms with Gasteiger partial charge in [0, 0.05) is 65.5 Å². The second-order valence-corrected chi connectivity index (χ2v) is 11.4. The smallest absolute Gasteiger partial charge is 0.195 e. The highest BCUT2D eigenvalue weighted by Gasteiger charge is 2.40. The number of carbonyl (C=O) groups excluding carboxylic acids is 1. The average molecular weight is 483 g/mol. The lowest BCUT2D eigenvalue weighted by Gasteiger charge is -2.44. The number of ketones is 1. The van der Waals surface area contributed by atoms with Gasteiger partial charge >= 0.3 is 0 Å². The first-order valence-electron chi connectivity index (χ1n) is 13.2. The Morgan fingerprint density at radius 3 is 2.47 bits per heavy atom. The number of ether oxygens (including phenoxy) is 1. The molecule has 6 heteroatoms. The Labute approximate surface area is 212 Å². The molecule has 36 heavy (non-hydrogen) atoms. The Kier molecular flexibility index (Phi) is 5.47. The van der Waals surface area contributed by atoms with E-state index in [1.807, 2.05) is 18.2 Å². The van der Waals surface area contributed by atoms with Crippen LogP contribution in [0.1, 0.15) is 73.3 Å². The van der Waals surface area contributed by atoms with Crippen LogP contribution in [0.2, 0.25) is 0 Å². The number of aromatic nitrogens is 1. The van der Waals surface area contributed by atoms with Gasteiger partial charge in [-0.05, 0) is 62.6 Å². The van der Waals surface area contributed by atoms with Crippen LogP contribution in [0.15, 0.2) is 36.4 Å². The van der Waals surface area contributed by atoms with E-state index < -0.39 is 0 Å². The van der Waals surface area contributed by atoms with Crippen molar-refractivity contribution in [3.63, 3.8) is 0 Å². The van der Waals surface area contributed by atoms with Crippen LogP contribution in [0.3, 0.4) is 0 Å². The molecule has 0 bridgehead atoms. The number of fused-ring (bicyclic) bond motifs is 4. The molecular formula is C30H34N4O2. The van der Waals surface area contributed by atoms with Crippen molar-refractivity contribution in [3.8, 4) is 6.07 Å². The number of benzene rings is 2. The van der Waals surface area contributed by atoms with Crippen molar-refractivity contribution in [2.75, 3.05) is 31.1 Å². The van der Waals surface area contributed by atoms with Gasteiger partial charge in [0.1, 0.15) is 0 Å². The fourth-order valence-corrected chi connectivity index (χ4v) is 6.69. The van der Waals surface area contributed by atoms with Crippen LogP contribution < -0.4 is 4.90 Å². The number of nitrogens with one attached hydrogen (secondary N) is 1. The Morgan fingerprint density at radius 2 is 1.78 bits per heavy atom. The second kappa shape index (κ2) is 8.47. The van der Waals surface area contributed by atoms with Gasteiger partial charge in [-0.2, -0.15) is 5.26 Å². The lowest BCUT2D eigenvalue weighted by Crippen LogP contribution is -2.53. The van der Waals surface area contributed by atoms with E-state index in [4.69, 9.17) is 4.74 Å². The molecule has 2 atom stereocenters. The van der Waals surface area contributed by atoms with E-state index >= 15 is 0 Å². The van der Waals surface area contributed by atoms with Gasteiger partial charge in [0.25, 0.3) is 0 Å². The van der Waals surface area contributed by atoms with Crippen molar-refractivity contribution >= 4 is 22.4 Å². The van der Waals surface area contributed by atoms with Crippen LogP contribution in [-0.2, 0) is 10.2 Å². The van der Waals surface area contributed by atoms with Crippen molar-refractivity contribution in [1.82, 2.24) is 9.88 Å². The summed E-state index contributed by atoms with van der Waals surface area (Å²) in [6, 6.07) is 14.7. The van der Waals surface area contributed by atoms with E-state index in [1.165, 1.54) is 5.69 Å². The third kappa shape index (κ3) is 3.65. The number of H-pyrrole nitrogens is 1. The summed E-state index contributed by atoms with van der Waals surface area (Å²) in [6.07, 6.45) is 2.89. The lowest BCUT2D eigenvalue weighted by atomic mass is 9.71. The van der Waals surface area contributed by atoms with Gasteiger partial charge in [-0.3, -0.25) is 9.69 Å². The van der Waals surface area contributed by atoms with Crippen molar-refractivity contribution in [2.45, 2.75) is 64.2 Å². The van der Waals surface area contributed by atoms with Crippen LogP contribution in [-0.4, -0.2) is 60.1 Å². The minimum Gasteiger partial charge on any atom is -0.373 e. The molecule has 2 aromatic carbocycles. The Morgan fingerprint density at radius 1 is 1.06 bits per heavy atom. The van der Waals surface area contributed by atoms with E-state index in [-0.39, 0.29) is 11.2 Å². The molecule has 1 unspecified atom stereocenters. The molecule has 3 heterocycles. The maximum atomic E-state index is 13.7. The fourth-order valence-electron chi connectivity index (χ4n) is 6.69. The van der Waals surface area contributed by atoms with Crippen molar-refractivity contribution in [2.24, 2.45) is 0 Å². The highest BCUT2D eigenvalue weighted by atomic mass is 16.5. The number of hydrogen-bond donors (Lipinski definition) is 1. The van der Waals surface area contributed by atoms with Crippen molar-refractivity contribution in [3.05, 3.63) is 64.3 Å². The van der Waals surface area contributed by atoms with E-state index in [9.17, 15) is 10.1 Å². The summed E-state index contributed by atoms with van der Waals surface area (Å²) < 4.78 is 5.94. The molecule has 0 spiro atoms. The number of piperidine rings is 1. The highest BCUT2D eigenvalue weighted by Crippen LogP contribution is 2.45. The molecule has 0 amide bonds. The molecule has 186 valence electrons. The molecule has 6 nitrogen and oxygen atoms in total. The topological polar surface area (TPSA) is 72.4 Å². The first-order valence-corrected chi connectivity index (χ1v) is 13.2. The quantitative estimate of drug-likeness (QED) is 0.557. The average Bonchev–Trinajstić information content (AvgIpc) is 3.27. The zero-order valence-corrected chi connectivity index (χ0v) is 21.6. The van der Waals surface area contributed by atoms with Crippen LogP contribution in [0.4, 0.5) is 5.69 Å². The minimum absolute atomic E-state index is 0.0658. The number of hydrogen-bond acceptors (Lipinski definition) is 5. The third-order valence-electron chi connectivity index (χ3n) is 8.49. The summed E-state index contributed by atoms with van der Waals surface area (Å²) in [4.78, 5) is 22.3. The molecule has 6 rings (SSSR count). The number of morpholine rings is 1. The molecule has 1 N–H and O–H groups in total. The molecule has 2 fully saturated rings. The van der Waals surface area contributed by atoms with Gasteiger partial charge in [0.15, 0.2) is 5.78 Å². The second-order valence-electron chi connectivity index (χ2n) is 11.4. The van der Waals surface area contributed by atoms with Crippen LogP contribution in [0.25, 0.3) is 10.9 Å². The summed E-state index contributed by atoms with van der Waals surface area (Å²) in [5.74, 6) is 0.0658. The van der Waals surface area contributed by atoms with E-state index in [1.54, 1.807) is 6.07 Å². The van der Waals surface area contributed by atoms with Crippen LogP contribution >= 0.6 is 0 Å². The predicted molar refractivity (Wildman–Crippen MR) is 142 cm³/mol. The summed E-state index contributed by atoms with van der Waals surface area (Å²) >= 11 is 0. The molecule has 1 aliphatic carbocycles. The summed E-state index contributed by atoms with van der Waals surface area (Å²) in [5.41, 5.74) is 5.83. The highest BCUT2D eigenvalue weighted by molar-refractivity contribution is 6.20. The first-order chi connectivity index (χ1) is 17.3. The molecule has 0 radical (unpaired) electrons. The van der Waals surface area contributed by atoms with Gasteiger partial charge in [0.2, 0.25) is 0 Å². The number of aromatic amines is 1. The van der Waals surface area contributed by atoms with Crippen LogP contribution in [0, 0.1) is 11.3 Å². The normalized spacial score (nSPS) is 24.4. The summed E-state index contributed by atoms with van der Waals surface area (Å²) in [5, 5.41) is 10.2. The molecule has 0 saturated carbocycles. The molecule has 2 aliphatic heterocycles. The first kappa shape index (κ1) is 23.3. The monoisotopic (exact) mass is 482 g/mol. The molecular weight excluding hydrogens is 448 g/mol. The Hall–Kier alpha value is -3.14. The zero-order chi connectivity index (χ0) is 25.2. The number of nitriles is 1. The molecule has 1 aromatic heterocycles. The molecule has 3 aliphatic rings. The number of rotatable bonds is 2. The van der Waals surface area contributed by atoms with E-state index in [0.717, 1.165) is 72.3 Å². The number of carbonyl (C=O) groups is 1. The van der Waals surface area contributed by atoms with Gasteiger partial charge < -0.3 is 14.6 Å². The summed E-state index contributed by atoms with van der Waals surface area (Å²) in [7, 11) is 0. The predicted octanol–water partition coefficient (Wildman–Crippen LogP) is 4.99. The lowest BCUT2D eigenvalue weighted by molar-refractivity contribution is -0.0826. The zero-order valence-electron chi connectivity index (χ0n) is 21.6. The molecule has 2 saturated heterocycles.